The summed E-state index contributed by atoms with van der Waals surface area (Å²) in [5.74, 6) is -0.0976. The van der Waals surface area contributed by atoms with E-state index in [0.717, 1.165) is 10.4 Å². The highest BCUT2D eigenvalue weighted by Gasteiger charge is 2.24. The van der Waals surface area contributed by atoms with Crippen LogP contribution >= 0.6 is 11.3 Å². The Kier molecular flexibility index (Phi) is 4.10. The van der Waals surface area contributed by atoms with Crippen molar-refractivity contribution in [2.45, 2.75) is 39.7 Å². The molecule has 1 amide bonds. The fourth-order valence-corrected chi connectivity index (χ4v) is 2.19. The normalized spacial score (nSPS) is 14.6. The Morgan fingerprint density at radius 3 is 2.56 bits per heavy atom. The molecule has 2 N–H and O–H groups in total. The molecule has 1 aromatic rings. The summed E-state index contributed by atoms with van der Waals surface area (Å²) in [6.07, 6.45) is 0.707. The van der Waals surface area contributed by atoms with Crippen LogP contribution < -0.4 is 5.32 Å². The van der Waals surface area contributed by atoms with E-state index in [1.807, 2.05) is 33.8 Å². The number of carbonyl (C=O) groups excluding carboxylic acids is 1. The van der Waals surface area contributed by atoms with Gasteiger partial charge in [-0.15, -0.1) is 11.3 Å². The molecule has 0 spiro atoms. The summed E-state index contributed by atoms with van der Waals surface area (Å²) >= 11 is 1.49. The van der Waals surface area contributed by atoms with Crippen molar-refractivity contribution in [2.75, 3.05) is 6.61 Å². The lowest BCUT2D eigenvalue weighted by Crippen LogP contribution is -2.48. The molecule has 0 saturated carbocycles. The lowest BCUT2D eigenvalue weighted by Gasteiger charge is -2.26. The Balaban J connectivity index is 2.80. The third kappa shape index (κ3) is 2.83. The molecule has 1 unspecified atom stereocenters. The molecule has 90 valence electrons. The van der Waals surface area contributed by atoms with Gasteiger partial charge in [-0.05, 0) is 38.8 Å². The Morgan fingerprint density at radius 1 is 1.56 bits per heavy atom. The highest BCUT2D eigenvalue weighted by atomic mass is 32.1. The summed E-state index contributed by atoms with van der Waals surface area (Å²) in [4.78, 5) is 13.8. The third-order valence-electron chi connectivity index (χ3n) is 2.93. The SMILES string of the molecule is CCC(C)(CO)NC(=O)c1cc(C)c(C)s1. The number of aliphatic hydroxyl groups excluding tert-OH is 1. The molecule has 0 aliphatic carbocycles. The topological polar surface area (TPSA) is 49.3 Å². The predicted octanol–water partition coefficient (Wildman–Crippen LogP) is 2.26. The second-order valence-electron chi connectivity index (χ2n) is 4.38. The van der Waals surface area contributed by atoms with Gasteiger partial charge in [-0.3, -0.25) is 4.79 Å². The van der Waals surface area contributed by atoms with Crippen molar-refractivity contribution in [1.29, 1.82) is 0 Å². The zero-order chi connectivity index (χ0) is 12.3. The first kappa shape index (κ1) is 13.2. The highest BCUT2D eigenvalue weighted by molar-refractivity contribution is 7.14. The van der Waals surface area contributed by atoms with Crippen molar-refractivity contribution in [3.63, 3.8) is 0 Å². The lowest BCUT2D eigenvalue weighted by molar-refractivity contribution is 0.0851. The number of rotatable bonds is 4. The predicted molar refractivity (Wildman–Crippen MR) is 67.0 cm³/mol. The Bertz CT molecular complexity index is 361. The molecule has 0 radical (unpaired) electrons. The van der Waals surface area contributed by atoms with Gasteiger partial charge in [-0.2, -0.15) is 0 Å². The molecule has 0 fully saturated rings. The standard InChI is InChI=1S/C12H19NO2S/c1-5-12(4,7-14)13-11(15)10-6-8(2)9(3)16-10/h6,14H,5,7H2,1-4H3,(H,13,15). The number of carbonyl (C=O) groups is 1. The number of amides is 1. The fraction of sp³-hybridized carbons (Fsp3) is 0.583. The van der Waals surface area contributed by atoms with Gasteiger partial charge in [-0.25, -0.2) is 0 Å². The van der Waals surface area contributed by atoms with Crippen LogP contribution in [-0.4, -0.2) is 23.2 Å². The molecular formula is C12H19NO2S. The molecule has 1 rings (SSSR count). The van der Waals surface area contributed by atoms with Crippen LogP contribution in [-0.2, 0) is 0 Å². The van der Waals surface area contributed by atoms with Gasteiger partial charge in [0.15, 0.2) is 0 Å². The Morgan fingerprint density at radius 2 is 2.19 bits per heavy atom. The minimum Gasteiger partial charge on any atom is -0.394 e. The van der Waals surface area contributed by atoms with Gasteiger partial charge in [0.05, 0.1) is 17.0 Å². The van der Waals surface area contributed by atoms with Crippen LogP contribution in [0.15, 0.2) is 6.07 Å². The molecule has 1 aromatic heterocycles. The minimum absolute atomic E-state index is 0.0431. The van der Waals surface area contributed by atoms with E-state index >= 15 is 0 Å². The lowest BCUT2D eigenvalue weighted by atomic mass is 10.0. The summed E-state index contributed by atoms with van der Waals surface area (Å²) in [6.45, 7) is 7.74. The number of hydrogen-bond acceptors (Lipinski definition) is 3. The molecule has 4 heteroatoms. The van der Waals surface area contributed by atoms with Crippen molar-refractivity contribution >= 4 is 17.2 Å². The van der Waals surface area contributed by atoms with E-state index in [1.54, 1.807) is 0 Å². The van der Waals surface area contributed by atoms with E-state index in [1.165, 1.54) is 11.3 Å². The van der Waals surface area contributed by atoms with Gasteiger partial charge in [0.25, 0.3) is 5.91 Å². The number of hydrogen-bond donors (Lipinski definition) is 2. The molecule has 0 aromatic carbocycles. The van der Waals surface area contributed by atoms with E-state index in [-0.39, 0.29) is 12.5 Å². The Labute approximate surface area is 100 Å². The first-order chi connectivity index (χ1) is 7.41. The van der Waals surface area contributed by atoms with Gasteiger partial charge >= 0.3 is 0 Å². The van der Waals surface area contributed by atoms with Gasteiger partial charge in [-0.1, -0.05) is 6.92 Å². The maximum atomic E-state index is 11.9. The van der Waals surface area contributed by atoms with E-state index in [4.69, 9.17) is 0 Å². The number of nitrogens with one attached hydrogen (secondary N) is 1. The van der Waals surface area contributed by atoms with Crippen LogP contribution in [0.25, 0.3) is 0 Å². The van der Waals surface area contributed by atoms with Crippen molar-refractivity contribution in [3.05, 3.63) is 21.4 Å². The van der Waals surface area contributed by atoms with Crippen molar-refractivity contribution in [3.8, 4) is 0 Å². The summed E-state index contributed by atoms with van der Waals surface area (Å²) in [5.41, 5.74) is 0.612. The molecule has 0 aliphatic heterocycles. The van der Waals surface area contributed by atoms with Crippen molar-refractivity contribution in [1.82, 2.24) is 5.32 Å². The minimum atomic E-state index is -0.525. The van der Waals surface area contributed by atoms with Crippen molar-refractivity contribution < 1.29 is 9.90 Å². The maximum absolute atomic E-state index is 11.9. The van der Waals surface area contributed by atoms with E-state index in [2.05, 4.69) is 5.32 Å². The van der Waals surface area contributed by atoms with E-state index in [0.29, 0.717) is 11.3 Å². The van der Waals surface area contributed by atoms with E-state index < -0.39 is 5.54 Å². The number of aryl methyl sites for hydroxylation is 2. The fourth-order valence-electron chi connectivity index (χ4n) is 1.26. The third-order valence-corrected chi connectivity index (χ3v) is 4.09. The summed E-state index contributed by atoms with van der Waals surface area (Å²) in [5, 5.41) is 12.1. The molecule has 1 heterocycles. The largest absolute Gasteiger partial charge is 0.394 e. The second-order valence-corrected chi connectivity index (χ2v) is 5.63. The smallest absolute Gasteiger partial charge is 0.261 e. The average Bonchev–Trinajstić information content (AvgIpc) is 2.59. The molecule has 0 saturated heterocycles. The first-order valence-electron chi connectivity index (χ1n) is 5.42. The van der Waals surface area contributed by atoms with E-state index in [9.17, 15) is 9.90 Å². The van der Waals surface area contributed by atoms with Crippen molar-refractivity contribution in [2.24, 2.45) is 0 Å². The van der Waals surface area contributed by atoms with Crippen LogP contribution in [0.4, 0.5) is 0 Å². The zero-order valence-corrected chi connectivity index (χ0v) is 11.1. The maximum Gasteiger partial charge on any atom is 0.261 e. The van der Waals surface area contributed by atoms with Crippen LogP contribution in [0.5, 0.6) is 0 Å². The van der Waals surface area contributed by atoms with Crippen LogP contribution in [0.1, 0.15) is 40.4 Å². The Hall–Kier alpha value is -0.870. The summed E-state index contributed by atoms with van der Waals surface area (Å²) < 4.78 is 0. The zero-order valence-electron chi connectivity index (χ0n) is 10.3. The molecule has 16 heavy (non-hydrogen) atoms. The summed E-state index contributed by atoms with van der Waals surface area (Å²) in [7, 11) is 0. The van der Waals surface area contributed by atoms with Crippen LogP contribution in [0.3, 0.4) is 0 Å². The number of thiophene rings is 1. The summed E-state index contributed by atoms with van der Waals surface area (Å²) in [6, 6.07) is 1.89. The van der Waals surface area contributed by atoms with Gasteiger partial charge in [0.2, 0.25) is 0 Å². The monoisotopic (exact) mass is 241 g/mol. The second kappa shape index (κ2) is 4.97. The molecule has 0 bridgehead atoms. The van der Waals surface area contributed by atoms with Gasteiger partial charge < -0.3 is 10.4 Å². The molecular weight excluding hydrogens is 222 g/mol. The van der Waals surface area contributed by atoms with Gasteiger partial charge in [0, 0.05) is 4.88 Å². The number of aliphatic hydroxyl groups is 1. The average molecular weight is 241 g/mol. The van der Waals surface area contributed by atoms with Crippen LogP contribution in [0, 0.1) is 13.8 Å². The highest BCUT2D eigenvalue weighted by Crippen LogP contribution is 2.21. The molecule has 0 aliphatic rings. The van der Waals surface area contributed by atoms with Crippen LogP contribution in [0.2, 0.25) is 0 Å². The molecule has 1 atom stereocenters. The first-order valence-corrected chi connectivity index (χ1v) is 6.24. The van der Waals surface area contributed by atoms with Gasteiger partial charge in [0.1, 0.15) is 0 Å². The molecule has 3 nitrogen and oxygen atoms in total. The quantitative estimate of drug-likeness (QED) is 0.849.